The van der Waals surface area contributed by atoms with E-state index in [0.717, 1.165) is 25.6 Å². The Bertz CT molecular complexity index is 416. The minimum absolute atomic E-state index is 0.128. The number of amides is 1. The topological polar surface area (TPSA) is 45.2 Å². The van der Waals surface area contributed by atoms with Crippen molar-refractivity contribution in [2.75, 3.05) is 19.6 Å². The van der Waals surface area contributed by atoms with Crippen LogP contribution >= 0.6 is 0 Å². The average molecular weight is 251 g/mol. The predicted molar refractivity (Wildman–Crippen MR) is 66.8 cm³/mol. The van der Waals surface area contributed by atoms with Crippen LogP contribution in [0.25, 0.3) is 0 Å². The van der Waals surface area contributed by atoms with Crippen molar-refractivity contribution in [2.24, 2.45) is 0 Å². The van der Waals surface area contributed by atoms with Gasteiger partial charge in [-0.15, -0.1) is 0 Å². The molecule has 1 aliphatic rings. The maximum atomic E-state index is 13.0. The lowest BCUT2D eigenvalue weighted by Gasteiger charge is -2.32. The first-order valence-electron chi connectivity index (χ1n) is 6.34. The van der Waals surface area contributed by atoms with Crippen molar-refractivity contribution >= 4 is 5.91 Å². The Labute approximate surface area is 106 Å². The van der Waals surface area contributed by atoms with E-state index in [0.29, 0.717) is 24.7 Å². The molecular formula is C13H18FN3O. The number of hydrogen-bond donors (Lipinski definition) is 1. The average Bonchev–Trinajstić information content (AvgIpc) is 2.39. The Balaban J connectivity index is 1.95. The summed E-state index contributed by atoms with van der Waals surface area (Å²) in [4.78, 5) is 17.6. The molecule has 1 aromatic heterocycles. The minimum atomic E-state index is -0.469. The van der Waals surface area contributed by atoms with Gasteiger partial charge < -0.3 is 10.2 Å². The summed E-state index contributed by atoms with van der Waals surface area (Å²) >= 11 is 0. The molecule has 0 aromatic carbocycles. The number of pyridine rings is 1. The Morgan fingerprint density at radius 1 is 1.50 bits per heavy atom. The van der Waals surface area contributed by atoms with Gasteiger partial charge in [0.05, 0.1) is 11.8 Å². The fourth-order valence-corrected chi connectivity index (χ4v) is 2.29. The van der Waals surface area contributed by atoms with E-state index in [2.05, 4.69) is 17.2 Å². The van der Waals surface area contributed by atoms with Crippen LogP contribution in [0.1, 0.15) is 30.1 Å². The van der Waals surface area contributed by atoms with Crippen LogP contribution in [0, 0.1) is 5.82 Å². The van der Waals surface area contributed by atoms with Gasteiger partial charge in [0.2, 0.25) is 0 Å². The van der Waals surface area contributed by atoms with Gasteiger partial charge in [-0.1, -0.05) is 6.92 Å². The molecular weight excluding hydrogens is 233 g/mol. The summed E-state index contributed by atoms with van der Waals surface area (Å²) in [5.74, 6) is -0.597. The second kappa shape index (κ2) is 5.91. The van der Waals surface area contributed by atoms with E-state index >= 15 is 0 Å². The smallest absolute Gasteiger partial charge is 0.255 e. The molecule has 18 heavy (non-hydrogen) atoms. The van der Waals surface area contributed by atoms with Gasteiger partial charge in [0.15, 0.2) is 0 Å². The molecule has 2 rings (SSSR count). The molecule has 0 aliphatic carbocycles. The summed E-state index contributed by atoms with van der Waals surface area (Å²) < 4.78 is 13.0. The first-order chi connectivity index (χ1) is 8.70. The number of piperidine rings is 1. The van der Waals surface area contributed by atoms with Crippen LogP contribution in [-0.4, -0.2) is 41.5 Å². The molecule has 0 spiro atoms. The molecule has 98 valence electrons. The zero-order valence-corrected chi connectivity index (χ0v) is 10.5. The zero-order chi connectivity index (χ0) is 13.0. The maximum Gasteiger partial charge on any atom is 0.255 e. The van der Waals surface area contributed by atoms with E-state index in [1.54, 1.807) is 4.90 Å². The largest absolute Gasteiger partial charge is 0.338 e. The molecule has 4 nitrogen and oxygen atoms in total. The number of nitrogens with zero attached hydrogens (tertiary/aromatic N) is 2. The lowest BCUT2D eigenvalue weighted by molar-refractivity contribution is 0.0705. The summed E-state index contributed by atoms with van der Waals surface area (Å²) in [6.07, 6.45) is 4.42. The third-order valence-corrected chi connectivity index (χ3v) is 3.23. The Morgan fingerprint density at radius 3 is 2.83 bits per heavy atom. The molecule has 1 N–H and O–H groups in total. The molecule has 1 amide bonds. The lowest BCUT2D eigenvalue weighted by Crippen LogP contribution is -2.44. The maximum absolute atomic E-state index is 13.0. The highest BCUT2D eigenvalue weighted by atomic mass is 19.1. The van der Waals surface area contributed by atoms with Gasteiger partial charge in [-0.05, 0) is 25.5 Å². The number of hydrogen-bond acceptors (Lipinski definition) is 3. The number of nitrogens with one attached hydrogen (secondary N) is 1. The molecule has 1 fully saturated rings. The number of likely N-dealkylation sites (tertiary alicyclic amines) is 1. The first-order valence-corrected chi connectivity index (χ1v) is 6.34. The van der Waals surface area contributed by atoms with Crippen molar-refractivity contribution in [1.29, 1.82) is 0 Å². The van der Waals surface area contributed by atoms with E-state index in [1.807, 2.05) is 0 Å². The molecule has 0 unspecified atom stereocenters. The van der Waals surface area contributed by atoms with E-state index in [1.165, 1.54) is 12.3 Å². The number of carbonyl (C=O) groups excluding carboxylic acids is 1. The third kappa shape index (κ3) is 3.04. The second-order valence-corrected chi connectivity index (χ2v) is 4.52. The highest BCUT2D eigenvalue weighted by Crippen LogP contribution is 2.14. The molecule has 1 saturated heterocycles. The van der Waals surface area contributed by atoms with E-state index in [4.69, 9.17) is 0 Å². The number of halogens is 1. The minimum Gasteiger partial charge on any atom is -0.338 e. The first kappa shape index (κ1) is 13.0. The van der Waals surface area contributed by atoms with Gasteiger partial charge >= 0.3 is 0 Å². The van der Waals surface area contributed by atoms with Gasteiger partial charge in [0.1, 0.15) is 5.82 Å². The number of carbonyl (C=O) groups is 1. The highest BCUT2D eigenvalue weighted by molar-refractivity contribution is 5.93. The Morgan fingerprint density at radius 2 is 2.22 bits per heavy atom. The summed E-state index contributed by atoms with van der Waals surface area (Å²) in [5, 5.41) is 3.38. The Hall–Kier alpha value is -1.49. The molecule has 0 bridgehead atoms. The summed E-state index contributed by atoms with van der Waals surface area (Å²) in [5.41, 5.74) is 0.330. The highest BCUT2D eigenvalue weighted by Gasteiger charge is 2.23. The van der Waals surface area contributed by atoms with Gasteiger partial charge in [0, 0.05) is 25.3 Å². The fourth-order valence-electron chi connectivity index (χ4n) is 2.29. The molecule has 0 atom stereocenters. The van der Waals surface area contributed by atoms with Gasteiger partial charge in [-0.3, -0.25) is 9.78 Å². The van der Waals surface area contributed by atoms with Gasteiger partial charge in [-0.25, -0.2) is 4.39 Å². The number of aromatic nitrogens is 1. The summed E-state index contributed by atoms with van der Waals surface area (Å²) in [6, 6.07) is 1.73. The third-order valence-electron chi connectivity index (χ3n) is 3.23. The quantitative estimate of drug-likeness (QED) is 0.884. The fraction of sp³-hybridized carbons (Fsp3) is 0.538. The predicted octanol–water partition coefficient (Wildman–Crippen LogP) is 1.43. The molecule has 1 aliphatic heterocycles. The van der Waals surface area contributed by atoms with Crippen molar-refractivity contribution in [2.45, 2.75) is 25.8 Å². The van der Waals surface area contributed by atoms with Crippen LogP contribution in [-0.2, 0) is 0 Å². The standard InChI is InChI=1S/C13H18FN3O/c1-2-16-12-3-5-17(6-4-12)13(18)10-7-11(14)9-15-8-10/h7-9,12,16H,2-6H2,1H3. The van der Waals surface area contributed by atoms with Gasteiger partial charge in [-0.2, -0.15) is 0 Å². The molecule has 5 heteroatoms. The Kier molecular flexibility index (Phi) is 4.25. The lowest BCUT2D eigenvalue weighted by atomic mass is 10.0. The van der Waals surface area contributed by atoms with Crippen LogP contribution < -0.4 is 5.32 Å². The van der Waals surface area contributed by atoms with Crippen molar-refractivity contribution in [3.63, 3.8) is 0 Å². The second-order valence-electron chi connectivity index (χ2n) is 4.52. The van der Waals surface area contributed by atoms with Crippen LogP contribution in [0.3, 0.4) is 0 Å². The van der Waals surface area contributed by atoms with Crippen molar-refractivity contribution in [3.05, 3.63) is 29.8 Å². The molecule has 1 aromatic rings. The van der Waals surface area contributed by atoms with E-state index < -0.39 is 5.82 Å². The molecule has 0 radical (unpaired) electrons. The SMILES string of the molecule is CCNC1CCN(C(=O)c2cncc(F)c2)CC1. The molecule has 0 saturated carbocycles. The van der Waals surface area contributed by atoms with Crippen LogP contribution in [0.4, 0.5) is 4.39 Å². The van der Waals surface area contributed by atoms with Gasteiger partial charge in [0.25, 0.3) is 5.91 Å². The van der Waals surface area contributed by atoms with Crippen molar-refractivity contribution in [1.82, 2.24) is 15.2 Å². The van der Waals surface area contributed by atoms with Crippen LogP contribution in [0.15, 0.2) is 18.5 Å². The van der Waals surface area contributed by atoms with Crippen LogP contribution in [0.5, 0.6) is 0 Å². The van der Waals surface area contributed by atoms with E-state index in [9.17, 15) is 9.18 Å². The number of rotatable bonds is 3. The molecule has 2 heterocycles. The van der Waals surface area contributed by atoms with Crippen LogP contribution in [0.2, 0.25) is 0 Å². The van der Waals surface area contributed by atoms with Crippen molar-refractivity contribution in [3.8, 4) is 0 Å². The van der Waals surface area contributed by atoms with E-state index in [-0.39, 0.29) is 5.91 Å². The monoisotopic (exact) mass is 251 g/mol. The van der Waals surface area contributed by atoms with Crippen molar-refractivity contribution < 1.29 is 9.18 Å². The normalized spacial score (nSPS) is 16.9. The summed E-state index contributed by atoms with van der Waals surface area (Å²) in [6.45, 7) is 4.46. The zero-order valence-electron chi connectivity index (χ0n) is 10.5. The summed E-state index contributed by atoms with van der Waals surface area (Å²) in [7, 11) is 0.